The predicted molar refractivity (Wildman–Crippen MR) is 59.7 cm³/mol. The molecule has 0 aromatic carbocycles. The van der Waals surface area contributed by atoms with E-state index < -0.39 is 0 Å². The fraction of sp³-hybridized carbons (Fsp3) is 0.818. The van der Waals surface area contributed by atoms with E-state index in [0.29, 0.717) is 12.0 Å². The largest absolute Gasteiger partial charge is 0.383 e. The van der Waals surface area contributed by atoms with Crippen LogP contribution in [0, 0.1) is 5.41 Å². The topological polar surface area (TPSA) is 39.9 Å². The third-order valence-corrected chi connectivity index (χ3v) is 2.24. The molecule has 1 aromatic heterocycles. The van der Waals surface area contributed by atoms with Gasteiger partial charge in [0.1, 0.15) is 0 Å². The molecule has 0 saturated carbocycles. The number of methoxy groups -OCH3 is 1. The van der Waals surface area contributed by atoms with Gasteiger partial charge < -0.3 is 4.74 Å². The second-order valence-corrected chi connectivity index (χ2v) is 5.03. The third kappa shape index (κ3) is 4.93. The van der Waals surface area contributed by atoms with Crippen molar-refractivity contribution in [2.45, 2.75) is 40.2 Å². The van der Waals surface area contributed by atoms with Crippen LogP contribution in [0.1, 0.15) is 32.9 Å². The smallest absolute Gasteiger partial charge is 0.0827 e. The fourth-order valence-corrected chi connectivity index (χ4v) is 1.25. The summed E-state index contributed by atoms with van der Waals surface area (Å²) in [4.78, 5) is 0. The van der Waals surface area contributed by atoms with E-state index in [1.54, 1.807) is 7.11 Å². The Bertz CT molecular complexity index is 288. The average molecular weight is 211 g/mol. The highest BCUT2D eigenvalue weighted by Crippen LogP contribution is 2.20. The Labute approximate surface area is 91.6 Å². The van der Waals surface area contributed by atoms with Gasteiger partial charge in [-0.15, -0.1) is 5.10 Å². The van der Waals surface area contributed by atoms with E-state index in [2.05, 4.69) is 31.1 Å². The highest BCUT2D eigenvalue weighted by atomic mass is 16.5. The van der Waals surface area contributed by atoms with E-state index in [0.717, 1.165) is 25.1 Å². The van der Waals surface area contributed by atoms with Crippen LogP contribution in [0.5, 0.6) is 0 Å². The van der Waals surface area contributed by atoms with E-state index in [1.807, 2.05) is 10.9 Å². The molecule has 0 radical (unpaired) electrons. The summed E-state index contributed by atoms with van der Waals surface area (Å²) in [5, 5.41) is 8.17. The minimum Gasteiger partial charge on any atom is -0.383 e. The van der Waals surface area contributed by atoms with Gasteiger partial charge in [-0.2, -0.15) is 0 Å². The van der Waals surface area contributed by atoms with Gasteiger partial charge in [-0.3, -0.25) is 0 Å². The Balaban J connectivity index is 2.39. The van der Waals surface area contributed by atoms with E-state index in [1.165, 1.54) is 0 Å². The molecule has 4 heteroatoms. The highest BCUT2D eigenvalue weighted by Gasteiger charge is 2.11. The number of aryl methyl sites for hydroxylation is 1. The molecule has 0 aliphatic heterocycles. The number of ether oxygens (including phenoxy) is 1. The van der Waals surface area contributed by atoms with Crippen LogP contribution >= 0.6 is 0 Å². The number of nitrogens with zero attached hydrogens (tertiary/aromatic N) is 3. The summed E-state index contributed by atoms with van der Waals surface area (Å²) in [5.74, 6) is 0. The zero-order chi connectivity index (χ0) is 11.3. The van der Waals surface area contributed by atoms with E-state index >= 15 is 0 Å². The van der Waals surface area contributed by atoms with E-state index in [9.17, 15) is 0 Å². The molecule has 0 N–H and O–H groups in total. The van der Waals surface area contributed by atoms with Crippen molar-refractivity contribution in [2.24, 2.45) is 5.41 Å². The Morgan fingerprint density at radius 2 is 2.13 bits per heavy atom. The molecule has 0 unspecified atom stereocenters. The van der Waals surface area contributed by atoms with Gasteiger partial charge in [-0.25, -0.2) is 4.68 Å². The molecule has 0 fully saturated rings. The van der Waals surface area contributed by atoms with Gasteiger partial charge in [0, 0.05) is 13.3 Å². The molecule has 0 bridgehead atoms. The van der Waals surface area contributed by atoms with Crippen LogP contribution in [0.2, 0.25) is 0 Å². The summed E-state index contributed by atoms with van der Waals surface area (Å²) in [6, 6.07) is 0. The SMILES string of the molecule is COCCn1cc(CCC(C)(C)C)nn1. The molecule has 0 aliphatic rings. The van der Waals surface area contributed by atoms with Gasteiger partial charge in [0.05, 0.1) is 18.8 Å². The third-order valence-electron chi connectivity index (χ3n) is 2.24. The lowest BCUT2D eigenvalue weighted by Crippen LogP contribution is -2.06. The Morgan fingerprint density at radius 3 is 2.73 bits per heavy atom. The van der Waals surface area contributed by atoms with Crippen LogP contribution in [0.15, 0.2) is 6.20 Å². The Kier molecular flexibility index (Phi) is 4.27. The lowest BCUT2D eigenvalue weighted by Gasteiger charge is -2.16. The summed E-state index contributed by atoms with van der Waals surface area (Å²) in [6.07, 6.45) is 4.14. The maximum Gasteiger partial charge on any atom is 0.0827 e. The molecule has 1 rings (SSSR count). The molecule has 0 saturated heterocycles. The summed E-state index contributed by atoms with van der Waals surface area (Å²) in [6.45, 7) is 8.17. The molecule has 0 atom stereocenters. The van der Waals surface area contributed by atoms with Gasteiger partial charge in [0.15, 0.2) is 0 Å². The fourth-order valence-electron chi connectivity index (χ4n) is 1.25. The van der Waals surface area contributed by atoms with Crippen molar-refractivity contribution < 1.29 is 4.74 Å². The van der Waals surface area contributed by atoms with E-state index in [4.69, 9.17) is 4.74 Å². The molecule has 15 heavy (non-hydrogen) atoms. The maximum absolute atomic E-state index is 4.98. The van der Waals surface area contributed by atoms with Crippen LogP contribution in [0.3, 0.4) is 0 Å². The number of hydrogen-bond donors (Lipinski definition) is 0. The van der Waals surface area contributed by atoms with Crippen molar-refractivity contribution in [1.82, 2.24) is 15.0 Å². The van der Waals surface area contributed by atoms with Crippen molar-refractivity contribution in [3.63, 3.8) is 0 Å². The van der Waals surface area contributed by atoms with Crippen LogP contribution in [0.4, 0.5) is 0 Å². The highest BCUT2D eigenvalue weighted by molar-refractivity contribution is 4.93. The van der Waals surface area contributed by atoms with Gasteiger partial charge >= 0.3 is 0 Å². The quantitative estimate of drug-likeness (QED) is 0.747. The van der Waals surface area contributed by atoms with Crippen LogP contribution in [0.25, 0.3) is 0 Å². The van der Waals surface area contributed by atoms with Crippen molar-refractivity contribution in [2.75, 3.05) is 13.7 Å². The number of hydrogen-bond acceptors (Lipinski definition) is 3. The molecule has 0 aliphatic carbocycles. The molecular formula is C11H21N3O. The minimum absolute atomic E-state index is 0.357. The first kappa shape index (κ1) is 12.2. The monoisotopic (exact) mass is 211 g/mol. The zero-order valence-corrected chi connectivity index (χ0v) is 10.2. The number of rotatable bonds is 5. The maximum atomic E-state index is 4.98. The molecule has 0 spiro atoms. The van der Waals surface area contributed by atoms with Crippen molar-refractivity contribution in [1.29, 1.82) is 0 Å². The summed E-state index contributed by atoms with van der Waals surface area (Å²) < 4.78 is 6.82. The van der Waals surface area contributed by atoms with Crippen molar-refractivity contribution in [3.8, 4) is 0 Å². The first-order valence-electron chi connectivity index (χ1n) is 5.39. The van der Waals surface area contributed by atoms with Crippen LogP contribution in [-0.4, -0.2) is 28.7 Å². The predicted octanol–water partition coefficient (Wildman–Crippen LogP) is 1.90. The second kappa shape index (κ2) is 5.26. The lowest BCUT2D eigenvalue weighted by molar-refractivity contribution is 0.183. The first-order chi connectivity index (χ1) is 7.01. The van der Waals surface area contributed by atoms with Crippen LogP contribution in [-0.2, 0) is 17.7 Å². The number of aromatic nitrogens is 3. The van der Waals surface area contributed by atoms with Crippen LogP contribution < -0.4 is 0 Å². The van der Waals surface area contributed by atoms with E-state index in [-0.39, 0.29) is 0 Å². The van der Waals surface area contributed by atoms with Crippen molar-refractivity contribution >= 4 is 0 Å². The average Bonchev–Trinajstić information content (AvgIpc) is 2.58. The first-order valence-corrected chi connectivity index (χ1v) is 5.39. The normalized spacial score (nSPS) is 12.0. The second-order valence-electron chi connectivity index (χ2n) is 5.03. The van der Waals surface area contributed by atoms with Gasteiger partial charge in [0.25, 0.3) is 0 Å². The molecule has 4 nitrogen and oxygen atoms in total. The molecule has 1 aromatic rings. The standard InChI is InChI=1S/C11H21N3O/c1-11(2,3)6-5-10-9-14(13-12-10)7-8-15-4/h9H,5-8H2,1-4H3. The van der Waals surface area contributed by atoms with Gasteiger partial charge in [-0.1, -0.05) is 26.0 Å². The Hall–Kier alpha value is -0.900. The lowest BCUT2D eigenvalue weighted by atomic mass is 9.90. The van der Waals surface area contributed by atoms with Gasteiger partial charge in [-0.05, 0) is 18.3 Å². The summed E-state index contributed by atoms with van der Waals surface area (Å²) in [5.41, 5.74) is 1.43. The summed E-state index contributed by atoms with van der Waals surface area (Å²) >= 11 is 0. The minimum atomic E-state index is 0.357. The Morgan fingerprint density at radius 1 is 1.40 bits per heavy atom. The van der Waals surface area contributed by atoms with Crippen molar-refractivity contribution in [3.05, 3.63) is 11.9 Å². The zero-order valence-electron chi connectivity index (χ0n) is 10.2. The molecule has 0 amide bonds. The molecular weight excluding hydrogens is 190 g/mol. The van der Waals surface area contributed by atoms with Gasteiger partial charge in [0.2, 0.25) is 0 Å². The molecule has 1 heterocycles. The molecule has 86 valence electrons. The summed E-state index contributed by atoms with van der Waals surface area (Å²) in [7, 11) is 1.69.